The zero-order valence-corrected chi connectivity index (χ0v) is 18.7. The van der Waals surface area contributed by atoms with E-state index in [2.05, 4.69) is 45.3 Å². The van der Waals surface area contributed by atoms with E-state index in [1.807, 2.05) is 12.1 Å². The molecule has 1 aromatic rings. The van der Waals surface area contributed by atoms with Gasteiger partial charge in [0.15, 0.2) is 0 Å². The number of nitrogens with one attached hydrogen (secondary N) is 2. The number of carbonyl (C=O) groups excluding carboxylic acids is 2. The highest BCUT2D eigenvalue weighted by Gasteiger charge is 2.42. The van der Waals surface area contributed by atoms with Gasteiger partial charge in [0, 0.05) is 43.5 Å². The predicted molar refractivity (Wildman–Crippen MR) is 116 cm³/mol. The van der Waals surface area contributed by atoms with Gasteiger partial charge in [0.25, 0.3) is 0 Å². The number of hydrogen-bond acceptors (Lipinski definition) is 4. The molecule has 6 nitrogen and oxygen atoms in total. The molecule has 0 radical (unpaired) electrons. The number of hydrogen-bond donors (Lipinski definition) is 3. The van der Waals surface area contributed by atoms with Gasteiger partial charge in [-0.2, -0.15) is 0 Å². The van der Waals surface area contributed by atoms with Crippen molar-refractivity contribution in [3.8, 4) is 0 Å². The molecule has 0 unspecified atom stereocenters. The Balaban J connectivity index is 2.00. The minimum atomic E-state index is -0.409. The van der Waals surface area contributed by atoms with Crippen LogP contribution in [-0.4, -0.2) is 44.2 Å². The molecule has 162 valence electrons. The molecule has 0 saturated carbocycles. The largest absolute Gasteiger partial charge is 0.379 e. The number of carbonyl (C=O) groups is 2. The molecule has 1 aliphatic rings. The molecule has 2 atom stereocenters. The summed E-state index contributed by atoms with van der Waals surface area (Å²) in [5.41, 5.74) is 8.12. The summed E-state index contributed by atoms with van der Waals surface area (Å²) < 4.78 is 5.80. The molecule has 0 spiro atoms. The molecular weight excluding hydrogens is 366 g/mol. The fourth-order valence-electron chi connectivity index (χ4n) is 4.20. The number of fused-ring (bicyclic) bond motifs is 1. The van der Waals surface area contributed by atoms with Crippen molar-refractivity contribution in [2.45, 2.75) is 71.4 Å². The maximum Gasteiger partial charge on any atom is 0.248 e. The fraction of sp³-hybridized carbons (Fsp3) is 0.652. The van der Waals surface area contributed by atoms with Crippen LogP contribution in [0.4, 0.5) is 0 Å². The normalized spacial score (nSPS) is 20.8. The highest BCUT2D eigenvalue weighted by atomic mass is 16.5. The van der Waals surface area contributed by atoms with E-state index in [-0.39, 0.29) is 28.9 Å². The number of nitrogens with two attached hydrogens (primary N) is 1. The highest BCUT2D eigenvalue weighted by Crippen LogP contribution is 2.38. The number of methoxy groups -OCH3 is 1. The minimum absolute atomic E-state index is 0.00268. The molecule has 2 rings (SSSR count). The van der Waals surface area contributed by atoms with Crippen molar-refractivity contribution in [1.29, 1.82) is 0 Å². The van der Waals surface area contributed by atoms with Gasteiger partial charge in [-0.25, -0.2) is 0 Å². The number of primary amides is 1. The summed E-state index contributed by atoms with van der Waals surface area (Å²) in [6, 6.07) is 5.79. The van der Waals surface area contributed by atoms with E-state index in [0.29, 0.717) is 18.5 Å². The number of amides is 2. The topological polar surface area (TPSA) is 93.4 Å². The lowest BCUT2D eigenvalue weighted by atomic mass is 9.67. The van der Waals surface area contributed by atoms with E-state index >= 15 is 0 Å². The van der Waals surface area contributed by atoms with Crippen LogP contribution in [0.2, 0.25) is 0 Å². The summed E-state index contributed by atoms with van der Waals surface area (Å²) in [4.78, 5) is 23.6. The van der Waals surface area contributed by atoms with Gasteiger partial charge < -0.3 is 21.1 Å². The van der Waals surface area contributed by atoms with E-state index in [1.54, 1.807) is 13.2 Å². The number of rotatable bonds is 8. The number of benzene rings is 1. The van der Waals surface area contributed by atoms with Crippen LogP contribution in [-0.2, 0) is 21.4 Å². The first-order valence-corrected chi connectivity index (χ1v) is 10.4. The average Bonchev–Trinajstić information content (AvgIpc) is 2.60. The molecule has 0 aromatic heterocycles. The molecule has 1 aromatic carbocycles. The lowest BCUT2D eigenvalue weighted by Crippen LogP contribution is -2.57. The molecular formula is C23H37N3O3. The third kappa shape index (κ3) is 6.03. The van der Waals surface area contributed by atoms with E-state index in [1.165, 1.54) is 5.56 Å². The van der Waals surface area contributed by atoms with Crippen molar-refractivity contribution >= 4 is 11.8 Å². The van der Waals surface area contributed by atoms with Gasteiger partial charge >= 0.3 is 0 Å². The van der Waals surface area contributed by atoms with Gasteiger partial charge in [-0.3, -0.25) is 9.59 Å². The Morgan fingerprint density at radius 2 is 1.93 bits per heavy atom. The lowest BCUT2D eigenvalue weighted by Gasteiger charge is -2.45. The van der Waals surface area contributed by atoms with Gasteiger partial charge in [0.05, 0.1) is 6.10 Å². The highest BCUT2D eigenvalue weighted by molar-refractivity contribution is 5.93. The van der Waals surface area contributed by atoms with Gasteiger partial charge in [0.2, 0.25) is 11.8 Å². The smallest absolute Gasteiger partial charge is 0.248 e. The Kier molecular flexibility index (Phi) is 7.46. The molecule has 0 heterocycles. The molecule has 6 heteroatoms. The third-order valence-corrected chi connectivity index (χ3v) is 5.69. The van der Waals surface area contributed by atoms with Crippen LogP contribution < -0.4 is 16.4 Å². The second-order valence-corrected chi connectivity index (χ2v) is 9.81. The summed E-state index contributed by atoms with van der Waals surface area (Å²) >= 11 is 0. The lowest BCUT2D eigenvalue weighted by molar-refractivity contribution is -0.122. The predicted octanol–water partition coefficient (Wildman–Crippen LogP) is 2.53. The molecule has 29 heavy (non-hydrogen) atoms. The van der Waals surface area contributed by atoms with E-state index < -0.39 is 5.91 Å². The van der Waals surface area contributed by atoms with E-state index in [4.69, 9.17) is 10.5 Å². The molecule has 1 aliphatic carbocycles. The van der Waals surface area contributed by atoms with Crippen molar-refractivity contribution < 1.29 is 14.3 Å². The summed E-state index contributed by atoms with van der Waals surface area (Å²) in [6.07, 6.45) is 2.19. The molecule has 0 fully saturated rings. The van der Waals surface area contributed by atoms with Gasteiger partial charge in [-0.1, -0.05) is 40.7 Å². The first kappa shape index (κ1) is 23.4. The van der Waals surface area contributed by atoms with Crippen molar-refractivity contribution in [1.82, 2.24) is 10.6 Å². The van der Waals surface area contributed by atoms with Gasteiger partial charge in [-0.05, 0) is 41.6 Å². The van der Waals surface area contributed by atoms with Crippen LogP contribution in [0.25, 0.3) is 0 Å². The van der Waals surface area contributed by atoms with Crippen molar-refractivity contribution in [2.24, 2.45) is 11.1 Å². The van der Waals surface area contributed by atoms with Crippen molar-refractivity contribution in [3.05, 3.63) is 34.9 Å². The minimum Gasteiger partial charge on any atom is -0.379 e. The molecule has 0 saturated heterocycles. The maximum atomic E-state index is 12.0. The Morgan fingerprint density at radius 3 is 2.52 bits per heavy atom. The van der Waals surface area contributed by atoms with Crippen LogP contribution in [0, 0.1) is 5.41 Å². The first-order valence-electron chi connectivity index (χ1n) is 10.4. The quantitative estimate of drug-likeness (QED) is 0.582. The Labute approximate surface area is 175 Å². The second kappa shape index (κ2) is 9.26. The maximum absolute atomic E-state index is 12.0. The Morgan fingerprint density at radius 1 is 1.24 bits per heavy atom. The zero-order chi connectivity index (χ0) is 21.8. The Bertz CT molecular complexity index is 737. The van der Waals surface area contributed by atoms with Crippen LogP contribution in [0.1, 0.15) is 68.9 Å². The van der Waals surface area contributed by atoms with E-state index in [9.17, 15) is 9.59 Å². The van der Waals surface area contributed by atoms with Gasteiger partial charge in [-0.15, -0.1) is 0 Å². The first-order chi connectivity index (χ1) is 13.5. The zero-order valence-electron chi connectivity index (χ0n) is 18.7. The molecule has 2 amide bonds. The Hall–Kier alpha value is -1.92. The third-order valence-electron chi connectivity index (χ3n) is 5.69. The summed E-state index contributed by atoms with van der Waals surface area (Å²) in [5, 5.41) is 6.63. The van der Waals surface area contributed by atoms with Crippen LogP contribution >= 0.6 is 0 Å². The van der Waals surface area contributed by atoms with Crippen LogP contribution in [0.5, 0.6) is 0 Å². The van der Waals surface area contributed by atoms with Crippen molar-refractivity contribution in [3.63, 3.8) is 0 Å². The van der Waals surface area contributed by atoms with Crippen LogP contribution in [0.15, 0.2) is 18.2 Å². The molecule has 4 N–H and O–H groups in total. The van der Waals surface area contributed by atoms with E-state index in [0.717, 1.165) is 24.9 Å². The molecule has 0 aliphatic heterocycles. The van der Waals surface area contributed by atoms with Crippen molar-refractivity contribution in [2.75, 3.05) is 20.2 Å². The summed E-state index contributed by atoms with van der Waals surface area (Å²) in [5.74, 6) is -0.314. The van der Waals surface area contributed by atoms with Crippen LogP contribution in [0.3, 0.4) is 0 Å². The second-order valence-electron chi connectivity index (χ2n) is 9.81. The fourth-order valence-corrected chi connectivity index (χ4v) is 4.20. The molecule has 0 bridgehead atoms. The van der Waals surface area contributed by atoms with Gasteiger partial charge in [0.1, 0.15) is 0 Å². The number of ether oxygens (including phenoxy) is 1. The average molecular weight is 404 g/mol. The summed E-state index contributed by atoms with van der Waals surface area (Å²) in [6.45, 7) is 11.9. The summed E-state index contributed by atoms with van der Waals surface area (Å²) in [7, 11) is 1.74. The SMILES string of the molecule is CO[C@H]1Cc2ccc(C(N)=O)cc2C(C)(C)[C@@H]1NCCCNC(=O)CC(C)(C)C. The standard InChI is InChI=1S/C23H37N3O3/c1-22(2,3)14-19(27)25-10-7-11-26-20-18(29-6)13-15-8-9-16(21(24)28)12-17(15)23(20,4)5/h8-9,12,18,20,26H,7,10-11,13-14H2,1-6H3,(H2,24,28)(H,25,27)/t18-,20+/m0/s1. The monoisotopic (exact) mass is 403 g/mol.